The summed E-state index contributed by atoms with van der Waals surface area (Å²) in [7, 11) is 0. The highest BCUT2D eigenvalue weighted by molar-refractivity contribution is 4.96. The van der Waals surface area contributed by atoms with Crippen molar-refractivity contribution in [3.05, 3.63) is 34.9 Å². The van der Waals surface area contributed by atoms with Gasteiger partial charge in [-0.15, -0.1) is 6.58 Å². The number of allylic oxidation sites excluding steroid dienone is 1. The minimum absolute atomic E-state index is 0.272. The van der Waals surface area contributed by atoms with Gasteiger partial charge in [0.05, 0.1) is 0 Å². The highest BCUT2D eigenvalue weighted by atomic mass is 16.6. The Kier molecular flexibility index (Phi) is 5.00. The summed E-state index contributed by atoms with van der Waals surface area (Å²) in [6, 6.07) is -0.579. The van der Waals surface area contributed by atoms with E-state index in [9.17, 15) is 10.1 Å². The molecular formula is C9H15NO2. The molecular weight excluding hydrogens is 154 g/mol. The first-order valence-electron chi connectivity index (χ1n) is 3.99. The maximum Gasteiger partial charge on any atom is 0.233 e. The summed E-state index contributed by atoms with van der Waals surface area (Å²) in [5.41, 5.74) is 0.629. The first-order chi connectivity index (χ1) is 5.59. The summed E-state index contributed by atoms with van der Waals surface area (Å²) in [5.74, 6) is 0. The highest BCUT2D eigenvalue weighted by Crippen LogP contribution is 2.11. The minimum atomic E-state index is -0.579. The van der Waals surface area contributed by atoms with Crippen molar-refractivity contribution in [2.75, 3.05) is 0 Å². The Morgan fingerprint density at radius 3 is 2.67 bits per heavy atom. The van der Waals surface area contributed by atoms with Gasteiger partial charge in [0.1, 0.15) is 0 Å². The molecule has 68 valence electrons. The third-order valence-electron chi connectivity index (χ3n) is 1.71. The van der Waals surface area contributed by atoms with Crippen LogP contribution in [0.25, 0.3) is 0 Å². The van der Waals surface area contributed by atoms with Crippen molar-refractivity contribution in [2.45, 2.75) is 32.2 Å². The molecule has 0 amide bonds. The molecule has 0 aromatic heterocycles. The van der Waals surface area contributed by atoms with Crippen LogP contribution in [0, 0.1) is 10.1 Å². The van der Waals surface area contributed by atoms with Gasteiger partial charge in [-0.25, -0.2) is 0 Å². The molecule has 3 heteroatoms. The van der Waals surface area contributed by atoms with E-state index in [0.29, 0.717) is 12.0 Å². The van der Waals surface area contributed by atoms with Gasteiger partial charge >= 0.3 is 0 Å². The zero-order chi connectivity index (χ0) is 9.56. The van der Waals surface area contributed by atoms with E-state index in [1.54, 1.807) is 13.0 Å². The first-order valence-corrected chi connectivity index (χ1v) is 3.99. The largest absolute Gasteiger partial charge is 0.264 e. The Morgan fingerprint density at radius 1 is 1.75 bits per heavy atom. The van der Waals surface area contributed by atoms with Crippen molar-refractivity contribution < 1.29 is 4.92 Å². The Labute approximate surface area is 72.9 Å². The van der Waals surface area contributed by atoms with Gasteiger partial charge in [-0.3, -0.25) is 10.1 Å². The fourth-order valence-corrected chi connectivity index (χ4v) is 0.987. The summed E-state index contributed by atoms with van der Waals surface area (Å²) in [4.78, 5) is 10.2. The van der Waals surface area contributed by atoms with Crippen LogP contribution < -0.4 is 0 Å². The van der Waals surface area contributed by atoms with Gasteiger partial charge in [-0.1, -0.05) is 12.7 Å². The van der Waals surface area contributed by atoms with Crippen molar-refractivity contribution in [2.24, 2.45) is 0 Å². The van der Waals surface area contributed by atoms with E-state index >= 15 is 0 Å². The molecule has 1 atom stereocenters. The number of nitrogens with zero attached hydrogens (tertiary/aromatic N) is 1. The van der Waals surface area contributed by atoms with Crippen LogP contribution in [0.4, 0.5) is 0 Å². The molecule has 1 unspecified atom stereocenters. The normalized spacial score (nSPS) is 12.1. The molecule has 0 saturated heterocycles. The zero-order valence-electron chi connectivity index (χ0n) is 7.45. The summed E-state index contributed by atoms with van der Waals surface area (Å²) in [5, 5.41) is 10.5. The van der Waals surface area contributed by atoms with E-state index in [2.05, 4.69) is 13.2 Å². The van der Waals surface area contributed by atoms with E-state index in [1.807, 2.05) is 0 Å². The molecule has 0 heterocycles. The number of rotatable bonds is 6. The van der Waals surface area contributed by atoms with Crippen LogP contribution >= 0.6 is 0 Å². The van der Waals surface area contributed by atoms with Gasteiger partial charge in [0.15, 0.2) is 0 Å². The van der Waals surface area contributed by atoms with Crippen LogP contribution in [-0.4, -0.2) is 11.0 Å². The molecule has 0 aliphatic carbocycles. The Hall–Kier alpha value is -1.12. The van der Waals surface area contributed by atoms with Crippen LogP contribution in [0.2, 0.25) is 0 Å². The van der Waals surface area contributed by atoms with Crippen molar-refractivity contribution in [1.29, 1.82) is 0 Å². The zero-order valence-corrected chi connectivity index (χ0v) is 7.45. The van der Waals surface area contributed by atoms with Crippen molar-refractivity contribution in [3.8, 4) is 0 Å². The lowest BCUT2D eigenvalue weighted by molar-refractivity contribution is -0.512. The van der Waals surface area contributed by atoms with E-state index in [1.165, 1.54) is 0 Å². The van der Waals surface area contributed by atoms with Crippen LogP contribution in [-0.2, 0) is 0 Å². The monoisotopic (exact) mass is 169 g/mol. The molecule has 0 spiro atoms. The maximum atomic E-state index is 10.5. The smallest absolute Gasteiger partial charge is 0.233 e. The Morgan fingerprint density at radius 2 is 2.33 bits per heavy atom. The minimum Gasteiger partial charge on any atom is -0.264 e. The molecule has 0 aliphatic heterocycles. The fraction of sp³-hybridized carbons (Fsp3) is 0.556. The molecule has 0 aliphatic rings. The standard InChI is InChI=1S/C9H15NO2/c1-4-5-6-7-9(8(2)3)10(11)12/h4,9H,1-2,5-7H2,3H3. The van der Waals surface area contributed by atoms with Crippen molar-refractivity contribution >= 4 is 0 Å². The van der Waals surface area contributed by atoms with Crippen molar-refractivity contribution in [3.63, 3.8) is 0 Å². The van der Waals surface area contributed by atoms with Gasteiger partial charge in [0.25, 0.3) is 0 Å². The first kappa shape index (κ1) is 10.9. The lowest BCUT2D eigenvalue weighted by Gasteiger charge is -2.07. The van der Waals surface area contributed by atoms with Gasteiger partial charge in [-0.05, 0) is 25.3 Å². The predicted octanol–water partition coefficient (Wildman–Crippen LogP) is 2.56. The third kappa shape index (κ3) is 3.91. The van der Waals surface area contributed by atoms with Crippen LogP contribution in [0.3, 0.4) is 0 Å². The number of nitro groups is 1. The molecule has 3 nitrogen and oxygen atoms in total. The predicted molar refractivity (Wildman–Crippen MR) is 49.6 cm³/mol. The lowest BCUT2D eigenvalue weighted by Crippen LogP contribution is -2.19. The average Bonchev–Trinajstić information content (AvgIpc) is 1.96. The third-order valence-corrected chi connectivity index (χ3v) is 1.71. The maximum absolute atomic E-state index is 10.5. The van der Waals surface area contributed by atoms with E-state index < -0.39 is 6.04 Å². The molecule has 0 aromatic carbocycles. The van der Waals surface area contributed by atoms with Crippen LogP contribution in [0.1, 0.15) is 26.2 Å². The topological polar surface area (TPSA) is 43.1 Å². The van der Waals surface area contributed by atoms with Crippen LogP contribution in [0.15, 0.2) is 24.8 Å². The van der Waals surface area contributed by atoms with E-state index in [0.717, 1.165) is 12.8 Å². The highest BCUT2D eigenvalue weighted by Gasteiger charge is 2.19. The van der Waals surface area contributed by atoms with Crippen LogP contribution in [0.5, 0.6) is 0 Å². The lowest BCUT2D eigenvalue weighted by atomic mass is 10.0. The van der Waals surface area contributed by atoms with E-state index in [4.69, 9.17) is 0 Å². The SMILES string of the molecule is C=CCCCC(C(=C)C)[N+](=O)[O-]. The molecule has 0 rings (SSSR count). The average molecular weight is 169 g/mol. The molecule has 0 bridgehead atoms. The summed E-state index contributed by atoms with van der Waals surface area (Å²) >= 11 is 0. The van der Waals surface area contributed by atoms with Gasteiger partial charge in [0, 0.05) is 11.3 Å². The molecule has 0 saturated carbocycles. The number of hydrogen-bond donors (Lipinski definition) is 0. The molecule has 0 aromatic rings. The summed E-state index contributed by atoms with van der Waals surface area (Å²) in [6.45, 7) is 8.84. The Bertz CT molecular complexity index is 173. The second kappa shape index (κ2) is 5.52. The molecule has 0 radical (unpaired) electrons. The fourth-order valence-electron chi connectivity index (χ4n) is 0.987. The molecule has 0 N–H and O–H groups in total. The second-order valence-electron chi connectivity index (χ2n) is 2.87. The van der Waals surface area contributed by atoms with Gasteiger partial charge < -0.3 is 0 Å². The molecule has 12 heavy (non-hydrogen) atoms. The second-order valence-corrected chi connectivity index (χ2v) is 2.87. The Balaban J connectivity index is 3.88. The van der Waals surface area contributed by atoms with E-state index in [-0.39, 0.29) is 4.92 Å². The number of hydrogen-bond acceptors (Lipinski definition) is 2. The van der Waals surface area contributed by atoms with Gasteiger partial charge in [0.2, 0.25) is 6.04 Å². The molecule has 0 fully saturated rings. The van der Waals surface area contributed by atoms with Crippen molar-refractivity contribution in [1.82, 2.24) is 0 Å². The van der Waals surface area contributed by atoms with Gasteiger partial charge in [-0.2, -0.15) is 0 Å². The summed E-state index contributed by atoms with van der Waals surface area (Å²) < 4.78 is 0. The quantitative estimate of drug-likeness (QED) is 0.265. The number of unbranched alkanes of at least 4 members (excludes halogenated alkanes) is 1. The summed E-state index contributed by atoms with van der Waals surface area (Å²) in [6.07, 6.45) is 3.98.